The number of ether oxygens (including phenoxy) is 2. The summed E-state index contributed by atoms with van der Waals surface area (Å²) in [6.45, 7) is 0. The summed E-state index contributed by atoms with van der Waals surface area (Å²) in [5.74, 6) is 0.00124. The van der Waals surface area contributed by atoms with Crippen LogP contribution in [-0.4, -0.2) is 11.9 Å². The number of carbonyl (C=O) groups excluding carboxylic acids is 2. The first kappa shape index (κ1) is 24.8. The lowest BCUT2D eigenvalue weighted by Gasteiger charge is -2.07. The van der Waals surface area contributed by atoms with Crippen LogP contribution in [0.1, 0.15) is 51.4 Å². The molecule has 0 aromatic heterocycles. The Labute approximate surface area is 196 Å². The molecular formula is C22H22Cl4O4. The molecule has 0 radical (unpaired) electrons. The second-order valence-electron chi connectivity index (χ2n) is 6.72. The molecule has 0 atom stereocenters. The molecule has 0 spiro atoms. The van der Waals surface area contributed by atoms with Gasteiger partial charge in [0.1, 0.15) is 11.5 Å². The Bertz CT molecular complexity index is 799. The molecule has 8 heteroatoms. The second-order valence-corrected chi connectivity index (χ2v) is 8.41. The second kappa shape index (κ2) is 13.1. The first-order valence-electron chi connectivity index (χ1n) is 9.66. The average Bonchev–Trinajstić information content (AvgIpc) is 2.68. The van der Waals surface area contributed by atoms with E-state index in [0.29, 0.717) is 44.4 Å². The van der Waals surface area contributed by atoms with Crippen LogP contribution in [-0.2, 0) is 9.59 Å². The minimum Gasteiger partial charge on any atom is -0.425 e. The number of carbonyl (C=O) groups is 2. The van der Waals surface area contributed by atoms with E-state index in [-0.39, 0.29) is 11.9 Å². The minimum atomic E-state index is -0.317. The van der Waals surface area contributed by atoms with Gasteiger partial charge in [0.15, 0.2) is 0 Å². The SMILES string of the molecule is O=C(CCCCCCCCC(=O)Oc1ccc(Cl)cc1Cl)Oc1ccc(Cl)cc1Cl. The molecule has 0 saturated heterocycles. The molecule has 30 heavy (non-hydrogen) atoms. The van der Waals surface area contributed by atoms with Gasteiger partial charge >= 0.3 is 11.9 Å². The summed E-state index contributed by atoms with van der Waals surface area (Å²) >= 11 is 23.6. The van der Waals surface area contributed by atoms with Gasteiger partial charge < -0.3 is 9.47 Å². The maximum Gasteiger partial charge on any atom is 0.311 e. The minimum absolute atomic E-state index is 0.313. The molecule has 162 valence electrons. The summed E-state index contributed by atoms with van der Waals surface area (Å²) in [4.78, 5) is 23.7. The Morgan fingerprint density at radius 1 is 0.600 bits per heavy atom. The fourth-order valence-electron chi connectivity index (χ4n) is 2.71. The standard InChI is InChI=1S/C22H22Cl4O4/c23-15-9-11-19(17(25)13-15)29-21(27)7-5-3-1-2-4-6-8-22(28)30-20-12-10-16(24)14-18(20)26/h9-14H,1-8H2. The van der Waals surface area contributed by atoms with E-state index in [0.717, 1.165) is 38.5 Å². The first-order chi connectivity index (χ1) is 14.3. The van der Waals surface area contributed by atoms with Crippen LogP contribution < -0.4 is 9.47 Å². The van der Waals surface area contributed by atoms with Crippen LogP contribution in [0.5, 0.6) is 11.5 Å². The normalized spacial score (nSPS) is 10.7. The predicted molar refractivity (Wildman–Crippen MR) is 121 cm³/mol. The summed E-state index contributed by atoms with van der Waals surface area (Å²) in [5.41, 5.74) is 0. The molecule has 0 aliphatic heterocycles. The van der Waals surface area contributed by atoms with Gasteiger partial charge in [-0.15, -0.1) is 0 Å². The van der Waals surface area contributed by atoms with Crippen molar-refractivity contribution < 1.29 is 19.1 Å². The van der Waals surface area contributed by atoms with Crippen molar-refractivity contribution in [1.29, 1.82) is 0 Å². The van der Waals surface area contributed by atoms with E-state index in [9.17, 15) is 9.59 Å². The zero-order valence-electron chi connectivity index (χ0n) is 16.3. The van der Waals surface area contributed by atoms with Gasteiger partial charge in [0.2, 0.25) is 0 Å². The van der Waals surface area contributed by atoms with Gasteiger partial charge in [-0.1, -0.05) is 72.1 Å². The van der Waals surface area contributed by atoms with Crippen LogP contribution in [0.15, 0.2) is 36.4 Å². The molecule has 2 aromatic carbocycles. The van der Waals surface area contributed by atoms with Crippen molar-refractivity contribution in [2.75, 3.05) is 0 Å². The highest BCUT2D eigenvalue weighted by molar-refractivity contribution is 6.36. The molecule has 4 nitrogen and oxygen atoms in total. The van der Waals surface area contributed by atoms with E-state index in [1.165, 1.54) is 12.1 Å². The zero-order valence-corrected chi connectivity index (χ0v) is 19.3. The van der Waals surface area contributed by atoms with E-state index in [2.05, 4.69) is 0 Å². The Morgan fingerprint density at radius 3 is 1.33 bits per heavy atom. The van der Waals surface area contributed by atoms with E-state index in [4.69, 9.17) is 55.9 Å². The Balaban J connectivity index is 1.51. The van der Waals surface area contributed by atoms with E-state index >= 15 is 0 Å². The number of hydrogen-bond donors (Lipinski definition) is 0. The highest BCUT2D eigenvalue weighted by Crippen LogP contribution is 2.29. The van der Waals surface area contributed by atoms with Crippen molar-refractivity contribution in [2.24, 2.45) is 0 Å². The molecule has 0 unspecified atom stereocenters. The third-order valence-electron chi connectivity index (χ3n) is 4.25. The molecule has 0 fully saturated rings. The predicted octanol–water partition coefficient (Wildman–Crippen LogP) is 7.93. The molecule has 0 N–H and O–H groups in total. The van der Waals surface area contributed by atoms with Gasteiger partial charge in [-0.2, -0.15) is 0 Å². The molecule has 0 amide bonds. The molecule has 0 bridgehead atoms. The van der Waals surface area contributed by atoms with Gasteiger partial charge in [-0.25, -0.2) is 0 Å². The largest absolute Gasteiger partial charge is 0.425 e. The highest BCUT2D eigenvalue weighted by Gasteiger charge is 2.10. The van der Waals surface area contributed by atoms with Crippen LogP contribution in [0, 0.1) is 0 Å². The quantitative estimate of drug-likeness (QED) is 0.182. The van der Waals surface area contributed by atoms with Crippen molar-refractivity contribution >= 4 is 58.3 Å². The summed E-state index contributed by atoms with van der Waals surface area (Å²) in [6.07, 6.45) is 5.91. The van der Waals surface area contributed by atoms with E-state index in [1.807, 2.05) is 0 Å². The van der Waals surface area contributed by atoms with Crippen molar-refractivity contribution in [2.45, 2.75) is 51.4 Å². The van der Waals surface area contributed by atoms with E-state index < -0.39 is 0 Å². The molecule has 2 aromatic rings. The number of rotatable bonds is 11. The summed E-state index contributed by atoms with van der Waals surface area (Å²) in [7, 11) is 0. The van der Waals surface area contributed by atoms with E-state index in [1.54, 1.807) is 24.3 Å². The van der Waals surface area contributed by atoms with Gasteiger partial charge in [-0.05, 0) is 49.2 Å². The Morgan fingerprint density at radius 2 is 0.967 bits per heavy atom. The smallest absolute Gasteiger partial charge is 0.311 e. The molecule has 0 saturated carbocycles. The van der Waals surface area contributed by atoms with Crippen LogP contribution in [0.25, 0.3) is 0 Å². The first-order valence-corrected chi connectivity index (χ1v) is 11.2. The molecule has 0 aliphatic carbocycles. The fraction of sp³-hybridized carbons (Fsp3) is 0.364. The average molecular weight is 492 g/mol. The summed E-state index contributed by atoms with van der Waals surface area (Å²) in [6, 6.07) is 9.46. The van der Waals surface area contributed by atoms with Gasteiger partial charge in [-0.3, -0.25) is 9.59 Å². The van der Waals surface area contributed by atoms with Gasteiger partial charge in [0, 0.05) is 22.9 Å². The lowest BCUT2D eigenvalue weighted by Crippen LogP contribution is -2.08. The fourth-order valence-corrected chi connectivity index (χ4v) is 3.60. The van der Waals surface area contributed by atoms with Crippen LogP contribution in [0.3, 0.4) is 0 Å². The number of esters is 2. The lowest BCUT2D eigenvalue weighted by molar-refractivity contribution is -0.135. The topological polar surface area (TPSA) is 52.6 Å². The van der Waals surface area contributed by atoms with Crippen LogP contribution in [0.2, 0.25) is 20.1 Å². The highest BCUT2D eigenvalue weighted by atomic mass is 35.5. The third kappa shape index (κ3) is 9.13. The third-order valence-corrected chi connectivity index (χ3v) is 5.31. The Kier molecular flexibility index (Phi) is 10.8. The maximum atomic E-state index is 11.9. The van der Waals surface area contributed by atoms with Crippen molar-refractivity contribution in [3.05, 3.63) is 56.5 Å². The summed E-state index contributed by atoms with van der Waals surface area (Å²) < 4.78 is 10.5. The number of unbranched alkanes of at least 4 members (excludes halogenated alkanes) is 5. The van der Waals surface area contributed by atoms with Crippen LogP contribution in [0.4, 0.5) is 0 Å². The van der Waals surface area contributed by atoms with Crippen molar-refractivity contribution in [1.82, 2.24) is 0 Å². The molecular weight excluding hydrogens is 470 g/mol. The van der Waals surface area contributed by atoms with Gasteiger partial charge in [0.25, 0.3) is 0 Å². The van der Waals surface area contributed by atoms with Crippen molar-refractivity contribution in [3.8, 4) is 11.5 Å². The number of benzene rings is 2. The van der Waals surface area contributed by atoms with Crippen molar-refractivity contribution in [3.63, 3.8) is 0 Å². The number of hydrogen-bond acceptors (Lipinski definition) is 4. The molecule has 0 heterocycles. The molecule has 2 rings (SSSR count). The number of halogens is 4. The zero-order chi connectivity index (χ0) is 21.9. The molecule has 0 aliphatic rings. The lowest BCUT2D eigenvalue weighted by atomic mass is 10.1. The maximum absolute atomic E-state index is 11.9. The monoisotopic (exact) mass is 490 g/mol. The van der Waals surface area contributed by atoms with Gasteiger partial charge in [0.05, 0.1) is 10.0 Å². The van der Waals surface area contributed by atoms with Crippen LogP contribution >= 0.6 is 46.4 Å². The Hall–Kier alpha value is -1.46. The summed E-state index contributed by atoms with van der Waals surface area (Å²) in [5, 5.41) is 1.60.